The summed E-state index contributed by atoms with van der Waals surface area (Å²) in [6, 6.07) is 34.0. The Morgan fingerprint density at radius 3 is 1.11 bits per heavy atom. The molecule has 332 valence electrons. The Balaban J connectivity index is 1.30. The van der Waals surface area contributed by atoms with Gasteiger partial charge in [0.05, 0.1) is 60.8 Å². The van der Waals surface area contributed by atoms with E-state index in [0.717, 1.165) is 95.1 Å². The topological polar surface area (TPSA) is 79.2 Å². The van der Waals surface area contributed by atoms with Crippen molar-refractivity contribution >= 4 is 0 Å². The molecule has 4 aromatic carbocycles. The third kappa shape index (κ3) is 14.8. The molecule has 2 atom stereocenters. The van der Waals surface area contributed by atoms with Crippen LogP contribution in [0.4, 0.5) is 0 Å². The SMILES string of the molecule is CCCCCCCc1ccc(C(OC(c2ccc(CCCCCCC)cc2)c2cnc(-c3ccc(OCCCC)cc3)cn2)c2cnc(-c3ccc(OCCCC)cc3)cn2)cc1. The first kappa shape index (κ1) is 47.1. The van der Waals surface area contributed by atoms with Crippen LogP contribution in [0.1, 0.15) is 163 Å². The molecule has 0 N–H and O–H groups in total. The van der Waals surface area contributed by atoms with E-state index in [1.54, 1.807) is 0 Å². The molecule has 0 amide bonds. The van der Waals surface area contributed by atoms with Crippen LogP contribution in [0.2, 0.25) is 0 Å². The zero-order valence-electron chi connectivity index (χ0n) is 38.4. The fourth-order valence-corrected chi connectivity index (χ4v) is 7.72. The molecule has 0 radical (unpaired) electrons. The second-order valence-corrected chi connectivity index (χ2v) is 16.8. The van der Waals surface area contributed by atoms with E-state index in [2.05, 4.69) is 76.2 Å². The van der Waals surface area contributed by atoms with Crippen molar-refractivity contribution in [1.82, 2.24) is 19.9 Å². The minimum absolute atomic E-state index is 0.524. The van der Waals surface area contributed by atoms with Crippen LogP contribution in [0.5, 0.6) is 11.5 Å². The second kappa shape index (κ2) is 26.3. The van der Waals surface area contributed by atoms with E-state index in [0.29, 0.717) is 13.2 Å². The van der Waals surface area contributed by atoms with E-state index >= 15 is 0 Å². The maximum absolute atomic E-state index is 7.30. The van der Waals surface area contributed by atoms with Gasteiger partial charge in [0.25, 0.3) is 0 Å². The summed E-state index contributed by atoms with van der Waals surface area (Å²) in [4.78, 5) is 20.0. The third-order valence-corrected chi connectivity index (χ3v) is 11.7. The first-order valence-corrected chi connectivity index (χ1v) is 24.0. The van der Waals surface area contributed by atoms with Gasteiger partial charge in [-0.05, 0) is 109 Å². The lowest BCUT2D eigenvalue weighted by molar-refractivity contribution is 0.0258. The summed E-state index contributed by atoms with van der Waals surface area (Å²) in [5.74, 6) is 1.73. The lowest BCUT2D eigenvalue weighted by Gasteiger charge is -2.25. The number of aromatic nitrogens is 4. The number of unbranched alkanes of at least 4 members (excludes halogenated alkanes) is 10. The van der Waals surface area contributed by atoms with E-state index in [1.165, 1.54) is 75.3 Å². The van der Waals surface area contributed by atoms with Crippen LogP contribution < -0.4 is 9.47 Å². The van der Waals surface area contributed by atoms with Crippen LogP contribution in [0.25, 0.3) is 22.5 Å². The fraction of sp³-hybridized carbons (Fsp3) is 0.429. The Kier molecular flexibility index (Phi) is 19.6. The molecule has 6 rings (SSSR count). The highest BCUT2D eigenvalue weighted by atomic mass is 16.5. The van der Waals surface area contributed by atoms with Crippen molar-refractivity contribution in [3.8, 4) is 34.0 Å². The predicted octanol–water partition coefficient (Wildman–Crippen LogP) is 14.9. The van der Waals surface area contributed by atoms with E-state index in [9.17, 15) is 0 Å². The van der Waals surface area contributed by atoms with Crippen LogP contribution in [-0.2, 0) is 17.6 Å². The van der Waals surface area contributed by atoms with Gasteiger partial charge in [-0.3, -0.25) is 19.9 Å². The van der Waals surface area contributed by atoms with Crippen molar-refractivity contribution in [2.75, 3.05) is 13.2 Å². The van der Waals surface area contributed by atoms with Gasteiger partial charge in [-0.25, -0.2) is 0 Å². The molecular formula is C56H70N4O3. The maximum Gasteiger partial charge on any atom is 0.127 e. The Hall–Kier alpha value is -5.40. The molecule has 2 unspecified atom stereocenters. The van der Waals surface area contributed by atoms with Crippen LogP contribution >= 0.6 is 0 Å². The summed E-state index contributed by atoms with van der Waals surface area (Å²) in [6.07, 6.45) is 25.4. The average Bonchev–Trinajstić information content (AvgIpc) is 3.33. The van der Waals surface area contributed by atoms with Crippen molar-refractivity contribution in [3.63, 3.8) is 0 Å². The first-order valence-electron chi connectivity index (χ1n) is 24.0. The van der Waals surface area contributed by atoms with Gasteiger partial charge in [-0.1, -0.05) is 140 Å². The smallest absolute Gasteiger partial charge is 0.127 e. The van der Waals surface area contributed by atoms with Crippen molar-refractivity contribution in [2.24, 2.45) is 0 Å². The van der Waals surface area contributed by atoms with E-state index in [4.69, 9.17) is 34.1 Å². The number of rotatable bonds is 28. The van der Waals surface area contributed by atoms with Crippen molar-refractivity contribution < 1.29 is 14.2 Å². The Labute approximate surface area is 378 Å². The van der Waals surface area contributed by atoms with Crippen LogP contribution in [0.15, 0.2) is 122 Å². The highest BCUT2D eigenvalue weighted by Gasteiger charge is 2.26. The Morgan fingerprint density at radius 1 is 0.381 bits per heavy atom. The molecule has 0 fully saturated rings. The van der Waals surface area contributed by atoms with Crippen molar-refractivity contribution in [1.29, 1.82) is 0 Å². The van der Waals surface area contributed by atoms with Gasteiger partial charge in [-0.15, -0.1) is 0 Å². The molecule has 2 aromatic heterocycles. The molecule has 0 bridgehead atoms. The summed E-state index contributed by atoms with van der Waals surface area (Å²) in [5, 5.41) is 0. The van der Waals surface area contributed by atoms with Crippen LogP contribution in [0.3, 0.4) is 0 Å². The summed E-state index contributed by atoms with van der Waals surface area (Å²) in [5.41, 5.74) is 9.70. The van der Waals surface area contributed by atoms with E-state index in [-0.39, 0.29) is 0 Å². The number of aryl methyl sites for hydroxylation is 2. The van der Waals surface area contributed by atoms with Crippen molar-refractivity contribution in [2.45, 2.75) is 143 Å². The van der Waals surface area contributed by atoms with Gasteiger partial charge in [0.1, 0.15) is 23.7 Å². The van der Waals surface area contributed by atoms with Crippen molar-refractivity contribution in [3.05, 3.63) is 155 Å². The van der Waals surface area contributed by atoms with Crippen LogP contribution in [-0.4, -0.2) is 33.1 Å². The Morgan fingerprint density at radius 2 is 0.762 bits per heavy atom. The molecular weight excluding hydrogens is 777 g/mol. The zero-order valence-corrected chi connectivity index (χ0v) is 38.4. The maximum atomic E-state index is 7.30. The van der Waals surface area contributed by atoms with Gasteiger partial charge in [-0.2, -0.15) is 0 Å². The molecule has 0 aliphatic carbocycles. The molecule has 0 saturated carbocycles. The lowest BCUT2D eigenvalue weighted by atomic mass is 9.99. The second-order valence-electron chi connectivity index (χ2n) is 16.8. The molecule has 6 aromatic rings. The highest BCUT2D eigenvalue weighted by Crippen LogP contribution is 2.36. The highest BCUT2D eigenvalue weighted by molar-refractivity contribution is 5.60. The lowest BCUT2D eigenvalue weighted by Crippen LogP contribution is -2.16. The number of benzene rings is 4. The minimum atomic E-state index is -0.524. The normalized spacial score (nSPS) is 12.3. The van der Waals surface area contributed by atoms with Gasteiger partial charge in [0.2, 0.25) is 0 Å². The Bertz CT molecular complexity index is 1980. The molecule has 0 spiro atoms. The van der Waals surface area contributed by atoms with E-state index in [1.807, 2.05) is 73.3 Å². The molecule has 0 aliphatic heterocycles. The fourth-order valence-electron chi connectivity index (χ4n) is 7.72. The summed E-state index contributed by atoms with van der Waals surface area (Å²) in [7, 11) is 0. The van der Waals surface area contributed by atoms with Gasteiger partial charge >= 0.3 is 0 Å². The molecule has 7 heteroatoms. The number of hydrogen-bond donors (Lipinski definition) is 0. The van der Waals surface area contributed by atoms with Crippen LogP contribution in [0, 0.1) is 0 Å². The van der Waals surface area contributed by atoms with E-state index < -0.39 is 12.2 Å². The largest absolute Gasteiger partial charge is 0.494 e. The number of hydrogen-bond acceptors (Lipinski definition) is 7. The third-order valence-electron chi connectivity index (χ3n) is 11.7. The molecule has 63 heavy (non-hydrogen) atoms. The minimum Gasteiger partial charge on any atom is -0.494 e. The quantitative estimate of drug-likeness (QED) is 0.0455. The summed E-state index contributed by atoms with van der Waals surface area (Å²) in [6.45, 7) is 10.3. The number of ether oxygens (including phenoxy) is 3. The molecule has 0 aliphatic rings. The van der Waals surface area contributed by atoms with Gasteiger partial charge in [0, 0.05) is 11.1 Å². The standard InChI is InChI=1S/C56H70N4O3/c1-5-9-13-15-17-19-43-21-25-47(26-22-43)55(53-41-57-51(39-59-53)45-29-33-49(34-30-45)61-37-11-7-3)63-56(48-27-23-44(24-28-48)20-18-16-14-10-6-2)54-42-58-52(40-60-54)46-31-35-50(36-32-46)62-38-12-8-4/h21-36,39-42,55-56H,5-20,37-38H2,1-4H3. The summed E-state index contributed by atoms with van der Waals surface area (Å²) >= 11 is 0. The first-order chi connectivity index (χ1) is 31.1. The molecule has 0 saturated heterocycles. The predicted molar refractivity (Wildman–Crippen MR) is 258 cm³/mol. The number of nitrogens with zero attached hydrogens (tertiary/aromatic N) is 4. The average molecular weight is 847 g/mol. The van der Waals surface area contributed by atoms with Gasteiger partial charge < -0.3 is 14.2 Å². The molecule has 2 heterocycles. The summed E-state index contributed by atoms with van der Waals surface area (Å²) < 4.78 is 19.1. The molecule has 7 nitrogen and oxygen atoms in total. The monoisotopic (exact) mass is 847 g/mol. The zero-order chi connectivity index (χ0) is 43.9. The van der Waals surface area contributed by atoms with Gasteiger partial charge in [0.15, 0.2) is 0 Å².